The van der Waals surface area contributed by atoms with Gasteiger partial charge in [-0.05, 0) is 13.0 Å². The second-order valence-electron chi connectivity index (χ2n) is 2.69. The highest BCUT2D eigenvalue weighted by atomic mass is 16.5. The Morgan fingerprint density at radius 3 is 3.21 bits per heavy atom. The van der Waals surface area contributed by atoms with Crippen molar-refractivity contribution in [2.24, 2.45) is 0 Å². The van der Waals surface area contributed by atoms with Crippen molar-refractivity contribution in [3.8, 4) is 11.9 Å². The van der Waals surface area contributed by atoms with Crippen LogP contribution >= 0.6 is 0 Å². The van der Waals surface area contributed by atoms with Gasteiger partial charge >= 0.3 is 0 Å². The Hall–Kier alpha value is -2.09. The lowest BCUT2D eigenvalue weighted by Gasteiger charge is -2.02. The molecular formula is C9H8N4O. The van der Waals surface area contributed by atoms with Crippen molar-refractivity contribution in [3.05, 3.63) is 17.8 Å². The van der Waals surface area contributed by atoms with Crippen molar-refractivity contribution < 1.29 is 4.74 Å². The van der Waals surface area contributed by atoms with Crippen molar-refractivity contribution >= 4 is 11.0 Å². The van der Waals surface area contributed by atoms with Crippen LogP contribution in [-0.4, -0.2) is 21.8 Å². The van der Waals surface area contributed by atoms with E-state index in [-0.39, 0.29) is 0 Å². The van der Waals surface area contributed by atoms with Crippen LogP contribution in [0, 0.1) is 11.3 Å². The number of aromatic nitrogens is 3. The molecule has 2 aromatic rings. The van der Waals surface area contributed by atoms with E-state index in [2.05, 4.69) is 15.2 Å². The van der Waals surface area contributed by atoms with Gasteiger partial charge in [0, 0.05) is 0 Å². The summed E-state index contributed by atoms with van der Waals surface area (Å²) in [5.41, 5.74) is 1.86. The summed E-state index contributed by atoms with van der Waals surface area (Å²) in [6, 6.07) is 3.71. The number of fused-ring (bicyclic) bond motifs is 1. The Bertz CT molecular complexity index is 497. The SMILES string of the molecule is CCOc1nc2cn[nH]c2cc1C#N. The molecule has 2 heterocycles. The smallest absolute Gasteiger partial charge is 0.232 e. The van der Waals surface area contributed by atoms with E-state index < -0.39 is 0 Å². The Balaban J connectivity index is 2.62. The fourth-order valence-corrected chi connectivity index (χ4v) is 1.19. The van der Waals surface area contributed by atoms with Crippen molar-refractivity contribution in [2.75, 3.05) is 6.61 Å². The second-order valence-corrected chi connectivity index (χ2v) is 2.69. The zero-order valence-electron chi connectivity index (χ0n) is 7.61. The van der Waals surface area contributed by atoms with E-state index in [1.807, 2.05) is 13.0 Å². The fourth-order valence-electron chi connectivity index (χ4n) is 1.19. The maximum absolute atomic E-state index is 8.84. The van der Waals surface area contributed by atoms with Crippen LogP contribution in [0.25, 0.3) is 11.0 Å². The van der Waals surface area contributed by atoms with Gasteiger partial charge in [-0.15, -0.1) is 0 Å². The molecule has 14 heavy (non-hydrogen) atoms. The number of nitrogens with one attached hydrogen (secondary N) is 1. The molecule has 0 unspecified atom stereocenters. The van der Waals surface area contributed by atoms with Gasteiger partial charge in [0.15, 0.2) is 0 Å². The molecule has 5 nitrogen and oxygen atoms in total. The first kappa shape index (κ1) is 8.51. The summed E-state index contributed by atoms with van der Waals surface area (Å²) in [7, 11) is 0. The molecule has 0 saturated carbocycles. The summed E-state index contributed by atoms with van der Waals surface area (Å²) in [4.78, 5) is 4.16. The van der Waals surface area contributed by atoms with Crippen LogP contribution < -0.4 is 4.74 Å². The van der Waals surface area contributed by atoms with Crippen LogP contribution in [0.2, 0.25) is 0 Å². The number of pyridine rings is 1. The Morgan fingerprint density at radius 2 is 2.50 bits per heavy atom. The highest BCUT2D eigenvalue weighted by Gasteiger charge is 2.07. The lowest BCUT2D eigenvalue weighted by atomic mass is 10.2. The van der Waals surface area contributed by atoms with E-state index in [4.69, 9.17) is 10.00 Å². The van der Waals surface area contributed by atoms with Crippen LogP contribution in [0.5, 0.6) is 5.88 Å². The third kappa shape index (κ3) is 1.27. The second kappa shape index (κ2) is 3.34. The standard InChI is InChI=1S/C9H8N4O/c1-2-14-9-6(4-10)3-7-8(12-9)5-11-13-7/h3,5H,2H2,1H3,(H,11,13). The minimum Gasteiger partial charge on any atom is -0.477 e. The number of nitriles is 1. The summed E-state index contributed by atoms with van der Waals surface area (Å²) in [5, 5.41) is 15.4. The monoisotopic (exact) mass is 188 g/mol. The molecule has 0 radical (unpaired) electrons. The van der Waals surface area contributed by atoms with E-state index in [1.54, 1.807) is 12.3 Å². The first-order valence-corrected chi connectivity index (χ1v) is 4.22. The fraction of sp³-hybridized carbons (Fsp3) is 0.222. The number of hydrogen-bond acceptors (Lipinski definition) is 4. The molecule has 1 N–H and O–H groups in total. The maximum atomic E-state index is 8.84. The third-order valence-electron chi connectivity index (χ3n) is 1.79. The van der Waals surface area contributed by atoms with Gasteiger partial charge in [0.1, 0.15) is 17.1 Å². The van der Waals surface area contributed by atoms with Gasteiger partial charge in [-0.1, -0.05) is 0 Å². The highest BCUT2D eigenvalue weighted by Crippen LogP contribution is 2.19. The maximum Gasteiger partial charge on any atom is 0.232 e. The van der Waals surface area contributed by atoms with Gasteiger partial charge in [-0.2, -0.15) is 10.4 Å². The zero-order chi connectivity index (χ0) is 9.97. The number of ether oxygens (including phenoxy) is 1. The number of aromatic amines is 1. The number of nitrogens with zero attached hydrogens (tertiary/aromatic N) is 3. The molecule has 0 aromatic carbocycles. The van der Waals surface area contributed by atoms with Gasteiger partial charge in [-0.3, -0.25) is 5.10 Å². The van der Waals surface area contributed by atoms with E-state index in [0.29, 0.717) is 23.6 Å². The van der Waals surface area contributed by atoms with Gasteiger partial charge in [-0.25, -0.2) is 4.98 Å². The Labute approximate surface area is 80.3 Å². The van der Waals surface area contributed by atoms with E-state index >= 15 is 0 Å². The lowest BCUT2D eigenvalue weighted by Crippen LogP contribution is -1.97. The van der Waals surface area contributed by atoms with Crippen LogP contribution in [0.3, 0.4) is 0 Å². The molecule has 0 aliphatic rings. The van der Waals surface area contributed by atoms with Crippen LogP contribution in [-0.2, 0) is 0 Å². The van der Waals surface area contributed by atoms with Crippen molar-refractivity contribution in [1.82, 2.24) is 15.2 Å². The van der Waals surface area contributed by atoms with E-state index in [9.17, 15) is 0 Å². The first-order chi connectivity index (χ1) is 6.85. The molecule has 5 heteroatoms. The van der Waals surface area contributed by atoms with Gasteiger partial charge in [0.25, 0.3) is 0 Å². The van der Waals surface area contributed by atoms with Gasteiger partial charge in [0.2, 0.25) is 5.88 Å². The summed E-state index contributed by atoms with van der Waals surface area (Å²) >= 11 is 0. The van der Waals surface area contributed by atoms with Crippen LogP contribution in [0.4, 0.5) is 0 Å². The number of hydrogen-bond donors (Lipinski definition) is 1. The predicted octanol–water partition coefficient (Wildman–Crippen LogP) is 1.23. The lowest BCUT2D eigenvalue weighted by molar-refractivity contribution is 0.327. The molecule has 2 aromatic heterocycles. The molecule has 2 rings (SSSR count). The zero-order valence-corrected chi connectivity index (χ0v) is 7.61. The molecule has 70 valence electrons. The summed E-state index contributed by atoms with van der Waals surface area (Å²) in [6.45, 7) is 2.34. The van der Waals surface area contributed by atoms with Crippen molar-refractivity contribution in [3.63, 3.8) is 0 Å². The van der Waals surface area contributed by atoms with E-state index in [0.717, 1.165) is 5.52 Å². The number of H-pyrrole nitrogens is 1. The average molecular weight is 188 g/mol. The third-order valence-corrected chi connectivity index (χ3v) is 1.79. The largest absolute Gasteiger partial charge is 0.477 e. The number of rotatable bonds is 2. The summed E-state index contributed by atoms with van der Waals surface area (Å²) < 4.78 is 5.23. The van der Waals surface area contributed by atoms with Crippen molar-refractivity contribution in [2.45, 2.75) is 6.92 Å². The Morgan fingerprint density at radius 1 is 1.64 bits per heavy atom. The molecule has 0 aliphatic heterocycles. The topological polar surface area (TPSA) is 74.6 Å². The molecule has 0 aliphatic carbocycles. The molecule has 0 bridgehead atoms. The minimum atomic E-state index is 0.365. The normalized spacial score (nSPS) is 10.0. The molecule has 0 saturated heterocycles. The summed E-state index contributed by atoms with van der Waals surface area (Å²) in [5.74, 6) is 0.365. The van der Waals surface area contributed by atoms with Gasteiger partial charge in [0.05, 0.1) is 18.3 Å². The molecule has 0 fully saturated rings. The molecule has 0 atom stereocenters. The average Bonchev–Trinajstić information content (AvgIpc) is 2.64. The summed E-state index contributed by atoms with van der Waals surface area (Å²) in [6.07, 6.45) is 1.60. The van der Waals surface area contributed by atoms with Crippen LogP contribution in [0.1, 0.15) is 12.5 Å². The van der Waals surface area contributed by atoms with Gasteiger partial charge < -0.3 is 4.74 Å². The first-order valence-electron chi connectivity index (χ1n) is 4.22. The van der Waals surface area contributed by atoms with Crippen LogP contribution in [0.15, 0.2) is 12.3 Å². The quantitative estimate of drug-likeness (QED) is 0.769. The van der Waals surface area contributed by atoms with E-state index in [1.165, 1.54) is 0 Å². The van der Waals surface area contributed by atoms with Crippen molar-refractivity contribution in [1.29, 1.82) is 5.26 Å². The Kier molecular flexibility index (Phi) is 2.03. The molecule has 0 spiro atoms. The predicted molar refractivity (Wildman–Crippen MR) is 49.8 cm³/mol. The highest BCUT2D eigenvalue weighted by molar-refractivity contribution is 5.76. The molecule has 0 amide bonds. The molecular weight excluding hydrogens is 180 g/mol. The minimum absolute atomic E-state index is 0.365.